The molecule has 0 aliphatic carbocycles. The molecule has 13 heavy (non-hydrogen) atoms. The first-order valence-corrected chi connectivity index (χ1v) is 5.12. The van der Waals surface area contributed by atoms with Crippen molar-refractivity contribution >= 4 is 0 Å². The molecule has 0 amide bonds. The van der Waals surface area contributed by atoms with E-state index in [1.807, 2.05) is 0 Å². The molecule has 1 saturated heterocycles. The van der Waals surface area contributed by atoms with Crippen molar-refractivity contribution in [2.24, 2.45) is 0 Å². The van der Waals surface area contributed by atoms with Gasteiger partial charge in [-0.2, -0.15) is 5.26 Å². The van der Waals surface area contributed by atoms with E-state index >= 15 is 0 Å². The Kier molecular flexibility index (Phi) is 4.81. The standard InChI is InChI=1S/C10H19N3/c1-13-8-4-5-10(9-13)12-7-3-2-6-11/h10,12H,2-5,7-9H2,1H3. The molecule has 0 aromatic rings. The molecule has 1 aliphatic rings. The number of nitrogens with zero attached hydrogens (tertiary/aromatic N) is 2. The number of nitrogens with one attached hydrogen (secondary N) is 1. The van der Waals surface area contributed by atoms with Crippen LogP contribution in [0.3, 0.4) is 0 Å². The third-order valence-corrected chi connectivity index (χ3v) is 2.52. The Morgan fingerprint density at radius 3 is 3.15 bits per heavy atom. The highest BCUT2D eigenvalue weighted by atomic mass is 15.1. The second kappa shape index (κ2) is 5.95. The molecule has 0 saturated carbocycles. The third-order valence-electron chi connectivity index (χ3n) is 2.52. The predicted molar refractivity (Wildman–Crippen MR) is 53.4 cm³/mol. The zero-order valence-electron chi connectivity index (χ0n) is 8.42. The first kappa shape index (κ1) is 10.5. The average molecular weight is 181 g/mol. The molecule has 0 bridgehead atoms. The summed E-state index contributed by atoms with van der Waals surface area (Å²) < 4.78 is 0. The van der Waals surface area contributed by atoms with Crippen LogP contribution in [0.5, 0.6) is 0 Å². The van der Waals surface area contributed by atoms with Gasteiger partial charge in [0.25, 0.3) is 0 Å². The molecule has 1 N–H and O–H groups in total. The quantitative estimate of drug-likeness (QED) is 0.657. The Labute approximate surface area is 80.7 Å². The van der Waals surface area contributed by atoms with E-state index in [-0.39, 0.29) is 0 Å². The van der Waals surface area contributed by atoms with Gasteiger partial charge in [0.15, 0.2) is 0 Å². The Morgan fingerprint density at radius 2 is 2.46 bits per heavy atom. The van der Waals surface area contributed by atoms with Crippen LogP contribution in [0.1, 0.15) is 25.7 Å². The molecular weight excluding hydrogens is 162 g/mol. The van der Waals surface area contributed by atoms with E-state index in [1.165, 1.54) is 19.4 Å². The van der Waals surface area contributed by atoms with Gasteiger partial charge in [0.2, 0.25) is 0 Å². The van der Waals surface area contributed by atoms with Crippen LogP contribution in [0.4, 0.5) is 0 Å². The molecule has 0 spiro atoms. The van der Waals surface area contributed by atoms with Crippen LogP contribution in [0, 0.1) is 11.3 Å². The summed E-state index contributed by atoms with van der Waals surface area (Å²) in [5, 5.41) is 11.9. The van der Waals surface area contributed by atoms with Crippen LogP contribution in [0.25, 0.3) is 0 Å². The fourth-order valence-corrected chi connectivity index (χ4v) is 1.81. The summed E-state index contributed by atoms with van der Waals surface area (Å²) in [6.45, 7) is 3.38. The van der Waals surface area contributed by atoms with E-state index in [9.17, 15) is 0 Å². The Bertz CT molecular complexity index is 173. The molecule has 74 valence electrons. The molecule has 0 aromatic heterocycles. The van der Waals surface area contributed by atoms with Crippen LogP contribution >= 0.6 is 0 Å². The molecule has 0 aromatic carbocycles. The number of hydrogen-bond acceptors (Lipinski definition) is 3. The monoisotopic (exact) mass is 181 g/mol. The van der Waals surface area contributed by atoms with Crippen LogP contribution < -0.4 is 5.32 Å². The highest BCUT2D eigenvalue weighted by molar-refractivity contribution is 4.77. The summed E-state index contributed by atoms with van der Waals surface area (Å²) in [6, 6.07) is 2.81. The van der Waals surface area contributed by atoms with Crippen molar-refractivity contribution in [1.29, 1.82) is 5.26 Å². The van der Waals surface area contributed by atoms with E-state index in [0.717, 1.165) is 19.5 Å². The van der Waals surface area contributed by atoms with Crippen LogP contribution in [-0.2, 0) is 0 Å². The van der Waals surface area contributed by atoms with Gasteiger partial charge in [0, 0.05) is 19.0 Å². The van der Waals surface area contributed by atoms with Crippen LogP contribution in [0.2, 0.25) is 0 Å². The molecule has 0 radical (unpaired) electrons. The summed E-state index contributed by atoms with van der Waals surface area (Å²) in [7, 11) is 2.17. The number of hydrogen-bond donors (Lipinski definition) is 1. The van der Waals surface area contributed by atoms with E-state index in [1.54, 1.807) is 0 Å². The molecule has 1 heterocycles. The molecule has 1 fully saturated rings. The van der Waals surface area contributed by atoms with E-state index < -0.39 is 0 Å². The first-order valence-electron chi connectivity index (χ1n) is 5.12. The number of nitriles is 1. The number of likely N-dealkylation sites (tertiary alicyclic amines) is 1. The molecule has 1 atom stereocenters. The molecule has 3 heteroatoms. The number of rotatable bonds is 4. The maximum absolute atomic E-state index is 8.36. The zero-order valence-corrected chi connectivity index (χ0v) is 8.42. The summed E-state index contributed by atoms with van der Waals surface area (Å²) in [4.78, 5) is 2.37. The average Bonchev–Trinajstić information content (AvgIpc) is 2.13. The van der Waals surface area contributed by atoms with Crippen molar-refractivity contribution in [1.82, 2.24) is 10.2 Å². The Balaban J connectivity index is 2.04. The molecule has 1 unspecified atom stereocenters. The van der Waals surface area contributed by atoms with Crippen LogP contribution in [-0.4, -0.2) is 37.6 Å². The highest BCUT2D eigenvalue weighted by Crippen LogP contribution is 2.07. The normalized spacial score (nSPS) is 24.2. The minimum Gasteiger partial charge on any atom is -0.313 e. The number of unbranched alkanes of at least 4 members (excludes halogenated alkanes) is 1. The lowest BCUT2D eigenvalue weighted by Gasteiger charge is -2.30. The van der Waals surface area contributed by atoms with E-state index in [0.29, 0.717) is 12.5 Å². The lowest BCUT2D eigenvalue weighted by Crippen LogP contribution is -2.44. The smallest absolute Gasteiger partial charge is 0.0622 e. The first-order chi connectivity index (χ1) is 6.33. The van der Waals surface area contributed by atoms with Gasteiger partial charge in [-0.1, -0.05) is 0 Å². The Morgan fingerprint density at radius 1 is 1.62 bits per heavy atom. The van der Waals surface area contributed by atoms with Crippen molar-refractivity contribution in [3.05, 3.63) is 0 Å². The Hall–Kier alpha value is -0.590. The van der Waals surface area contributed by atoms with Crippen molar-refractivity contribution in [2.75, 3.05) is 26.7 Å². The highest BCUT2D eigenvalue weighted by Gasteiger charge is 2.15. The number of piperidine rings is 1. The predicted octanol–water partition coefficient (Wildman–Crippen LogP) is 0.974. The maximum atomic E-state index is 8.36. The lowest BCUT2D eigenvalue weighted by molar-refractivity contribution is 0.227. The van der Waals surface area contributed by atoms with Crippen molar-refractivity contribution < 1.29 is 0 Å². The van der Waals surface area contributed by atoms with Crippen LogP contribution in [0.15, 0.2) is 0 Å². The third kappa shape index (κ3) is 4.25. The topological polar surface area (TPSA) is 39.1 Å². The van der Waals surface area contributed by atoms with Gasteiger partial charge in [-0.15, -0.1) is 0 Å². The van der Waals surface area contributed by atoms with E-state index in [4.69, 9.17) is 5.26 Å². The van der Waals surface area contributed by atoms with Gasteiger partial charge >= 0.3 is 0 Å². The van der Waals surface area contributed by atoms with Crippen molar-refractivity contribution in [3.8, 4) is 6.07 Å². The molecule has 1 rings (SSSR count). The van der Waals surface area contributed by atoms with E-state index in [2.05, 4.69) is 23.3 Å². The second-order valence-electron chi connectivity index (χ2n) is 3.82. The fraction of sp³-hybridized carbons (Fsp3) is 0.900. The maximum Gasteiger partial charge on any atom is 0.0622 e. The molecule has 3 nitrogen and oxygen atoms in total. The second-order valence-corrected chi connectivity index (χ2v) is 3.82. The number of likely N-dealkylation sites (N-methyl/N-ethyl adjacent to an activating group) is 1. The minimum atomic E-state index is 0.650. The fourth-order valence-electron chi connectivity index (χ4n) is 1.81. The van der Waals surface area contributed by atoms with Gasteiger partial charge in [0.05, 0.1) is 6.07 Å². The van der Waals surface area contributed by atoms with Gasteiger partial charge in [-0.25, -0.2) is 0 Å². The largest absolute Gasteiger partial charge is 0.313 e. The van der Waals surface area contributed by atoms with Crippen molar-refractivity contribution in [2.45, 2.75) is 31.7 Å². The zero-order chi connectivity index (χ0) is 9.52. The lowest BCUT2D eigenvalue weighted by atomic mass is 10.1. The van der Waals surface area contributed by atoms with Gasteiger partial charge in [-0.05, 0) is 39.4 Å². The molecular formula is C10H19N3. The SMILES string of the molecule is CN1CCCC(NCCCC#N)C1. The van der Waals surface area contributed by atoms with Gasteiger partial charge in [0.1, 0.15) is 0 Å². The minimum absolute atomic E-state index is 0.650. The molecule has 1 aliphatic heterocycles. The van der Waals surface area contributed by atoms with Crippen molar-refractivity contribution in [3.63, 3.8) is 0 Å². The summed E-state index contributed by atoms with van der Waals surface area (Å²) in [5.41, 5.74) is 0. The summed E-state index contributed by atoms with van der Waals surface area (Å²) >= 11 is 0. The summed E-state index contributed by atoms with van der Waals surface area (Å²) in [5.74, 6) is 0. The van der Waals surface area contributed by atoms with Gasteiger partial charge < -0.3 is 10.2 Å². The summed E-state index contributed by atoms with van der Waals surface area (Å²) in [6.07, 6.45) is 4.25. The van der Waals surface area contributed by atoms with Gasteiger partial charge in [-0.3, -0.25) is 0 Å².